The molecular formula is C18H22N6O3. The van der Waals surface area contributed by atoms with Crippen molar-refractivity contribution < 1.29 is 9.72 Å². The number of nitrogens with one attached hydrogen (secondary N) is 1. The molecule has 0 radical (unpaired) electrons. The van der Waals surface area contributed by atoms with E-state index in [1.54, 1.807) is 29.2 Å². The number of nitro groups is 1. The molecular weight excluding hydrogens is 348 g/mol. The van der Waals surface area contributed by atoms with Crippen LogP contribution < -0.4 is 5.32 Å². The summed E-state index contributed by atoms with van der Waals surface area (Å²) in [6.07, 6.45) is 4.24. The van der Waals surface area contributed by atoms with Crippen LogP contribution in [0.25, 0.3) is 5.69 Å². The summed E-state index contributed by atoms with van der Waals surface area (Å²) in [7, 11) is 0. The van der Waals surface area contributed by atoms with Crippen molar-refractivity contribution in [2.45, 2.75) is 12.5 Å². The van der Waals surface area contributed by atoms with Gasteiger partial charge in [0.25, 0.3) is 11.6 Å². The molecule has 1 N–H and O–H groups in total. The summed E-state index contributed by atoms with van der Waals surface area (Å²) in [6, 6.07) is 6.53. The van der Waals surface area contributed by atoms with Gasteiger partial charge in [-0.2, -0.15) is 5.10 Å². The highest BCUT2D eigenvalue weighted by Gasteiger charge is 2.31. The maximum absolute atomic E-state index is 12.8. The summed E-state index contributed by atoms with van der Waals surface area (Å²) in [5.41, 5.74) is 1.24. The molecule has 27 heavy (non-hydrogen) atoms. The molecule has 0 aliphatic carbocycles. The van der Waals surface area contributed by atoms with Crippen molar-refractivity contribution in [2.24, 2.45) is 0 Å². The first-order chi connectivity index (χ1) is 13.1. The monoisotopic (exact) mass is 370 g/mol. The zero-order valence-electron chi connectivity index (χ0n) is 15.0. The van der Waals surface area contributed by atoms with E-state index >= 15 is 0 Å². The van der Waals surface area contributed by atoms with Crippen LogP contribution in [0.2, 0.25) is 0 Å². The molecule has 2 aliphatic rings. The number of likely N-dealkylation sites (tertiary alicyclic amines) is 1. The highest BCUT2D eigenvalue weighted by molar-refractivity contribution is 5.94. The van der Waals surface area contributed by atoms with E-state index in [4.69, 9.17) is 0 Å². The minimum absolute atomic E-state index is 0.0132. The fraction of sp³-hybridized carbons (Fsp3) is 0.444. The van der Waals surface area contributed by atoms with Gasteiger partial charge in [-0.05, 0) is 18.6 Å². The third-order valence-corrected chi connectivity index (χ3v) is 5.27. The molecule has 2 aliphatic heterocycles. The largest absolute Gasteiger partial charge is 0.337 e. The van der Waals surface area contributed by atoms with Crippen LogP contribution in [0.15, 0.2) is 36.7 Å². The van der Waals surface area contributed by atoms with Crippen LogP contribution in [0.5, 0.6) is 0 Å². The Morgan fingerprint density at radius 2 is 1.93 bits per heavy atom. The quantitative estimate of drug-likeness (QED) is 0.635. The Balaban J connectivity index is 1.42. The first kappa shape index (κ1) is 17.6. The molecule has 1 unspecified atom stereocenters. The van der Waals surface area contributed by atoms with Crippen molar-refractivity contribution in [3.05, 3.63) is 52.3 Å². The number of hydrogen-bond acceptors (Lipinski definition) is 6. The number of hydrogen-bond donors (Lipinski definition) is 1. The fourth-order valence-electron chi connectivity index (χ4n) is 3.76. The lowest BCUT2D eigenvalue weighted by atomic mass is 10.2. The molecule has 0 saturated carbocycles. The number of non-ortho nitro benzene ring substituents is 1. The molecule has 2 aromatic rings. The van der Waals surface area contributed by atoms with Crippen LogP contribution >= 0.6 is 0 Å². The highest BCUT2D eigenvalue weighted by Crippen LogP contribution is 2.20. The molecule has 1 atom stereocenters. The van der Waals surface area contributed by atoms with E-state index in [0.717, 1.165) is 45.7 Å². The van der Waals surface area contributed by atoms with E-state index < -0.39 is 4.92 Å². The Morgan fingerprint density at radius 1 is 1.19 bits per heavy atom. The lowest BCUT2D eigenvalue weighted by Crippen LogP contribution is -2.49. The van der Waals surface area contributed by atoms with Gasteiger partial charge in [-0.3, -0.25) is 19.8 Å². The average Bonchev–Trinajstić information content (AvgIpc) is 3.38. The molecule has 142 valence electrons. The maximum atomic E-state index is 12.8. The van der Waals surface area contributed by atoms with Gasteiger partial charge in [-0.25, -0.2) is 4.68 Å². The Labute approximate surface area is 156 Å². The van der Waals surface area contributed by atoms with Crippen molar-refractivity contribution in [2.75, 3.05) is 39.3 Å². The molecule has 4 rings (SSSR count). The third-order valence-electron chi connectivity index (χ3n) is 5.27. The molecule has 0 bridgehead atoms. The second-order valence-electron chi connectivity index (χ2n) is 6.93. The third kappa shape index (κ3) is 3.69. The number of nitrogens with zero attached hydrogens (tertiary/aromatic N) is 5. The van der Waals surface area contributed by atoms with Gasteiger partial charge in [-0.15, -0.1) is 0 Å². The summed E-state index contributed by atoms with van der Waals surface area (Å²) in [5, 5.41) is 18.4. The van der Waals surface area contributed by atoms with Crippen molar-refractivity contribution in [3.8, 4) is 5.69 Å². The number of carbonyl (C=O) groups is 1. The summed E-state index contributed by atoms with van der Waals surface area (Å²) in [5.74, 6) is -0.0132. The minimum Gasteiger partial charge on any atom is -0.337 e. The highest BCUT2D eigenvalue weighted by atomic mass is 16.6. The van der Waals surface area contributed by atoms with E-state index in [9.17, 15) is 14.9 Å². The summed E-state index contributed by atoms with van der Waals surface area (Å²) < 4.78 is 1.57. The topological polar surface area (TPSA) is 96.5 Å². The Bertz CT molecular complexity index is 828. The smallest absolute Gasteiger partial charge is 0.269 e. The normalized spacial score (nSPS) is 20.7. The summed E-state index contributed by atoms with van der Waals surface area (Å²) in [4.78, 5) is 27.5. The zero-order chi connectivity index (χ0) is 18.8. The van der Waals surface area contributed by atoms with Crippen LogP contribution in [0, 0.1) is 10.1 Å². The fourth-order valence-corrected chi connectivity index (χ4v) is 3.76. The van der Waals surface area contributed by atoms with Gasteiger partial charge < -0.3 is 10.2 Å². The first-order valence-electron chi connectivity index (χ1n) is 9.15. The number of rotatable bonds is 4. The number of benzene rings is 1. The number of amides is 1. The van der Waals surface area contributed by atoms with Gasteiger partial charge >= 0.3 is 0 Å². The summed E-state index contributed by atoms with van der Waals surface area (Å²) in [6.45, 7) is 5.59. The predicted octanol–water partition coefficient (Wildman–Crippen LogP) is 0.900. The molecule has 2 fully saturated rings. The second-order valence-corrected chi connectivity index (χ2v) is 6.93. The van der Waals surface area contributed by atoms with E-state index in [-0.39, 0.29) is 11.6 Å². The van der Waals surface area contributed by atoms with Crippen molar-refractivity contribution in [3.63, 3.8) is 0 Å². The number of nitro benzene ring substituents is 1. The SMILES string of the molecule is O=C(c1cnn(-c2ccc([N+](=O)[O-])cc2)c1)N1CCC(N2CCNCC2)C1. The van der Waals surface area contributed by atoms with Crippen molar-refractivity contribution in [1.29, 1.82) is 0 Å². The zero-order valence-corrected chi connectivity index (χ0v) is 15.0. The summed E-state index contributed by atoms with van der Waals surface area (Å²) >= 11 is 0. The first-order valence-corrected chi connectivity index (χ1v) is 9.15. The van der Waals surface area contributed by atoms with Gasteiger partial charge in [-0.1, -0.05) is 0 Å². The number of aromatic nitrogens is 2. The lowest BCUT2D eigenvalue weighted by molar-refractivity contribution is -0.384. The van der Waals surface area contributed by atoms with E-state index in [2.05, 4.69) is 15.3 Å². The van der Waals surface area contributed by atoms with Crippen LogP contribution in [0.3, 0.4) is 0 Å². The van der Waals surface area contributed by atoms with E-state index in [0.29, 0.717) is 17.3 Å². The molecule has 1 aromatic carbocycles. The van der Waals surface area contributed by atoms with Crippen LogP contribution in [0.1, 0.15) is 16.8 Å². The average molecular weight is 370 g/mol. The standard InChI is InChI=1S/C18H22N6O3/c25-18(22-8-5-17(13-22)21-9-6-19-7-10-21)14-11-20-23(12-14)15-1-3-16(4-2-15)24(26)27/h1-4,11-12,17,19H,5-10,13H2. The molecule has 3 heterocycles. The molecule has 9 nitrogen and oxygen atoms in total. The number of carbonyl (C=O) groups excluding carboxylic acids is 1. The van der Waals surface area contributed by atoms with E-state index in [1.165, 1.54) is 12.1 Å². The van der Waals surface area contributed by atoms with Crippen LogP contribution in [-0.2, 0) is 0 Å². The van der Waals surface area contributed by atoms with Gasteiger partial charge in [0.15, 0.2) is 0 Å². The molecule has 2 saturated heterocycles. The second kappa shape index (κ2) is 7.45. The predicted molar refractivity (Wildman–Crippen MR) is 99.0 cm³/mol. The Morgan fingerprint density at radius 3 is 2.63 bits per heavy atom. The lowest BCUT2D eigenvalue weighted by Gasteiger charge is -2.32. The number of piperazine rings is 1. The molecule has 1 amide bonds. The minimum atomic E-state index is -0.440. The maximum Gasteiger partial charge on any atom is 0.269 e. The Kier molecular flexibility index (Phi) is 4.87. The molecule has 0 spiro atoms. The van der Waals surface area contributed by atoms with Crippen LogP contribution in [0.4, 0.5) is 5.69 Å². The van der Waals surface area contributed by atoms with Crippen molar-refractivity contribution >= 4 is 11.6 Å². The van der Waals surface area contributed by atoms with Gasteiger partial charge in [0.1, 0.15) is 0 Å². The van der Waals surface area contributed by atoms with E-state index in [1.807, 2.05) is 4.90 Å². The molecule has 9 heteroatoms. The van der Waals surface area contributed by atoms with Gasteiger partial charge in [0, 0.05) is 63.6 Å². The Hall–Kier alpha value is -2.78. The van der Waals surface area contributed by atoms with Gasteiger partial charge in [0.05, 0.1) is 22.4 Å². The van der Waals surface area contributed by atoms with Gasteiger partial charge in [0.2, 0.25) is 0 Å². The molecule has 1 aromatic heterocycles. The van der Waals surface area contributed by atoms with Crippen molar-refractivity contribution in [1.82, 2.24) is 24.9 Å². The van der Waals surface area contributed by atoms with Crippen LogP contribution in [-0.4, -0.2) is 75.7 Å².